The van der Waals surface area contributed by atoms with Crippen LogP contribution >= 0.6 is 11.6 Å². The molecule has 1 heterocycles. The van der Waals surface area contributed by atoms with Gasteiger partial charge in [-0.1, -0.05) is 24.4 Å². The van der Waals surface area contributed by atoms with Gasteiger partial charge in [-0.3, -0.25) is 0 Å². The molecule has 1 aromatic rings. The van der Waals surface area contributed by atoms with E-state index in [9.17, 15) is 5.11 Å². The van der Waals surface area contributed by atoms with Crippen molar-refractivity contribution in [2.45, 2.75) is 32.2 Å². The molecule has 0 atom stereocenters. The average Bonchev–Trinajstić information content (AvgIpc) is 3.08. The van der Waals surface area contributed by atoms with Crippen molar-refractivity contribution < 1.29 is 14.6 Å². The van der Waals surface area contributed by atoms with Crippen molar-refractivity contribution in [3.05, 3.63) is 22.7 Å². The van der Waals surface area contributed by atoms with Crippen molar-refractivity contribution >= 4 is 11.6 Å². The zero-order valence-electron chi connectivity index (χ0n) is 11.5. The van der Waals surface area contributed by atoms with E-state index in [1.807, 2.05) is 12.1 Å². The van der Waals surface area contributed by atoms with Crippen LogP contribution in [-0.4, -0.2) is 25.1 Å². The van der Waals surface area contributed by atoms with E-state index in [0.717, 1.165) is 31.5 Å². The zero-order valence-corrected chi connectivity index (χ0v) is 12.2. The van der Waals surface area contributed by atoms with Gasteiger partial charge in [0.1, 0.15) is 0 Å². The van der Waals surface area contributed by atoms with Gasteiger partial charge in [-0.25, -0.2) is 0 Å². The lowest BCUT2D eigenvalue weighted by atomic mass is 9.87. The van der Waals surface area contributed by atoms with Gasteiger partial charge in [0.25, 0.3) is 0 Å². The van der Waals surface area contributed by atoms with Gasteiger partial charge in [0.2, 0.25) is 6.79 Å². The van der Waals surface area contributed by atoms with Crippen LogP contribution in [0.2, 0.25) is 5.02 Å². The second-order valence-corrected chi connectivity index (χ2v) is 6.19. The number of aliphatic hydroxyl groups is 1. The van der Waals surface area contributed by atoms with E-state index >= 15 is 0 Å². The minimum absolute atomic E-state index is 0.0696. The van der Waals surface area contributed by atoms with Gasteiger partial charge in [-0.2, -0.15) is 0 Å². The number of aliphatic hydroxyl groups excluding tert-OH is 1. The van der Waals surface area contributed by atoms with E-state index in [-0.39, 0.29) is 18.8 Å². The number of hydrogen-bond donors (Lipinski definition) is 2. The van der Waals surface area contributed by atoms with Gasteiger partial charge in [0, 0.05) is 25.1 Å². The third kappa shape index (κ3) is 2.73. The largest absolute Gasteiger partial charge is 0.454 e. The van der Waals surface area contributed by atoms with Crippen molar-refractivity contribution in [1.82, 2.24) is 5.32 Å². The Labute approximate surface area is 124 Å². The number of fused-ring (bicyclic) bond motifs is 1. The highest BCUT2D eigenvalue weighted by Crippen LogP contribution is 2.40. The number of rotatable bonds is 5. The lowest BCUT2D eigenvalue weighted by Crippen LogP contribution is -2.34. The molecule has 1 aromatic carbocycles. The summed E-state index contributed by atoms with van der Waals surface area (Å²) in [5.41, 5.74) is 1.14. The number of hydrogen-bond acceptors (Lipinski definition) is 4. The molecule has 3 rings (SSSR count). The standard InChI is InChI=1S/C15H20ClNO3/c16-12-5-11(6-13-14(12)20-10-19-13)7-17-8-15(9-18)3-1-2-4-15/h5-6,17-18H,1-4,7-10H2. The summed E-state index contributed by atoms with van der Waals surface area (Å²) in [7, 11) is 0. The molecule has 0 aromatic heterocycles. The predicted molar refractivity (Wildman–Crippen MR) is 77.3 cm³/mol. The fourth-order valence-electron chi connectivity index (χ4n) is 3.11. The summed E-state index contributed by atoms with van der Waals surface area (Å²) < 4.78 is 10.7. The van der Waals surface area contributed by atoms with Crippen LogP contribution in [0, 0.1) is 5.41 Å². The van der Waals surface area contributed by atoms with Crippen LogP contribution in [-0.2, 0) is 6.54 Å². The summed E-state index contributed by atoms with van der Waals surface area (Å²) >= 11 is 6.16. The quantitative estimate of drug-likeness (QED) is 0.877. The lowest BCUT2D eigenvalue weighted by Gasteiger charge is -2.26. The molecule has 0 unspecified atom stereocenters. The highest BCUT2D eigenvalue weighted by Gasteiger charge is 2.32. The van der Waals surface area contributed by atoms with Crippen LogP contribution in [0.1, 0.15) is 31.2 Å². The molecule has 110 valence electrons. The molecule has 1 aliphatic heterocycles. The van der Waals surface area contributed by atoms with Crippen LogP contribution < -0.4 is 14.8 Å². The molecule has 4 nitrogen and oxygen atoms in total. The Morgan fingerprint density at radius 2 is 2.05 bits per heavy atom. The summed E-state index contributed by atoms with van der Waals surface area (Å²) in [6.07, 6.45) is 4.66. The third-order valence-electron chi connectivity index (χ3n) is 4.32. The first-order valence-electron chi connectivity index (χ1n) is 7.12. The first-order chi connectivity index (χ1) is 9.72. The highest BCUT2D eigenvalue weighted by molar-refractivity contribution is 6.32. The molecule has 0 radical (unpaired) electrons. The van der Waals surface area contributed by atoms with E-state index in [0.29, 0.717) is 16.5 Å². The maximum atomic E-state index is 9.59. The van der Waals surface area contributed by atoms with Gasteiger partial charge >= 0.3 is 0 Å². The van der Waals surface area contributed by atoms with Crippen molar-refractivity contribution in [1.29, 1.82) is 0 Å². The summed E-state index contributed by atoms with van der Waals surface area (Å²) in [6, 6.07) is 3.86. The van der Waals surface area contributed by atoms with Crippen molar-refractivity contribution in [2.24, 2.45) is 5.41 Å². The van der Waals surface area contributed by atoms with E-state index in [2.05, 4.69) is 5.32 Å². The number of halogens is 1. The lowest BCUT2D eigenvalue weighted by molar-refractivity contribution is 0.128. The van der Waals surface area contributed by atoms with Gasteiger partial charge < -0.3 is 19.9 Å². The van der Waals surface area contributed by atoms with Gasteiger partial charge in [0.05, 0.1) is 5.02 Å². The van der Waals surface area contributed by atoms with E-state index in [4.69, 9.17) is 21.1 Å². The van der Waals surface area contributed by atoms with Crippen LogP contribution in [0.15, 0.2) is 12.1 Å². The molecule has 2 aliphatic rings. The fraction of sp³-hybridized carbons (Fsp3) is 0.600. The topological polar surface area (TPSA) is 50.7 Å². The molecular weight excluding hydrogens is 278 g/mol. The summed E-state index contributed by atoms with van der Waals surface area (Å²) in [6.45, 7) is 2.06. The van der Waals surface area contributed by atoms with Crippen LogP contribution in [0.4, 0.5) is 0 Å². The minimum atomic E-state index is 0.0696. The SMILES string of the molecule is OCC1(CNCc2cc(Cl)c3c(c2)OCO3)CCCC1. The van der Waals surface area contributed by atoms with Crippen molar-refractivity contribution in [2.75, 3.05) is 19.9 Å². The smallest absolute Gasteiger partial charge is 0.231 e. The summed E-state index contributed by atoms with van der Waals surface area (Å²) in [5.74, 6) is 1.35. The summed E-state index contributed by atoms with van der Waals surface area (Å²) in [4.78, 5) is 0. The Morgan fingerprint density at radius 1 is 1.25 bits per heavy atom. The number of nitrogens with one attached hydrogen (secondary N) is 1. The van der Waals surface area contributed by atoms with Crippen molar-refractivity contribution in [3.8, 4) is 11.5 Å². The Balaban J connectivity index is 1.60. The number of benzene rings is 1. The minimum Gasteiger partial charge on any atom is -0.454 e. The number of ether oxygens (including phenoxy) is 2. The summed E-state index contributed by atoms with van der Waals surface area (Å²) in [5, 5.41) is 13.6. The van der Waals surface area contributed by atoms with E-state index in [1.165, 1.54) is 12.8 Å². The van der Waals surface area contributed by atoms with Crippen LogP contribution in [0.5, 0.6) is 11.5 Å². The Kier molecular flexibility index (Phi) is 4.06. The second-order valence-electron chi connectivity index (χ2n) is 5.78. The fourth-order valence-corrected chi connectivity index (χ4v) is 3.40. The molecule has 0 saturated heterocycles. The Hall–Kier alpha value is -0.970. The Morgan fingerprint density at radius 3 is 2.80 bits per heavy atom. The van der Waals surface area contributed by atoms with Crippen LogP contribution in [0.3, 0.4) is 0 Å². The third-order valence-corrected chi connectivity index (χ3v) is 4.60. The molecule has 2 N–H and O–H groups in total. The van der Waals surface area contributed by atoms with E-state index < -0.39 is 0 Å². The van der Waals surface area contributed by atoms with Gasteiger partial charge in [-0.05, 0) is 30.5 Å². The first-order valence-corrected chi connectivity index (χ1v) is 7.50. The predicted octanol–water partition coefficient (Wildman–Crippen LogP) is 2.71. The molecule has 1 saturated carbocycles. The van der Waals surface area contributed by atoms with Gasteiger partial charge in [0.15, 0.2) is 11.5 Å². The molecule has 5 heteroatoms. The maximum absolute atomic E-state index is 9.59. The molecule has 0 bridgehead atoms. The monoisotopic (exact) mass is 297 g/mol. The van der Waals surface area contributed by atoms with Crippen molar-refractivity contribution in [3.63, 3.8) is 0 Å². The van der Waals surface area contributed by atoms with Gasteiger partial charge in [-0.15, -0.1) is 0 Å². The highest BCUT2D eigenvalue weighted by atomic mass is 35.5. The zero-order chi connectivity index (χ0) is 14.0. The van der Waals surface area contributed by atoms with E-state index in [1.54, 1.807) is 0 Å². The molecule has 0 amide bonds. The molecule has 0 spiro atoms. The first kappa shape index (κ1) is 14.0. The molecule has 20 heavy (non-hydrogen) atoms. The normalized spacial score (nSPS) is 19.5. The second kappa shape index (κ2) is 5.80. The molecular formula is C15H20ClNO3. The molecule has 1 fully saturated rings. The average molecular weight is 298 g/mol. The maximum Gasteiger partial charge on any atom is 0.231 e. The Bertz CT molecular complexity index is 486. The van der Waals surface area contributed by atoms with Crippen LogP contribution in [0.25, 0.3) is 0 Å². The molecule has 1 aliphatic carbocycles.